The largest absolute Gasteiger partial charge is 0.497 e. The van der Waals surface area contributed by atoms with E-state index in [0.29, 0.717) is 18.1 Å². The van der Waals surface area contributed by atoms with Gasteiger partial charge in [-0.15, -0.1) is 0 Å². The van der Waals surface area contributed by atoms with Crippen molar-refractivity contribution in [3.63, 3.8) is 0 Å². The second-order valence-corrected chi connectivity index (χ2v) is 5.56. The predicted molar refractivity (Wildman–Crippen MR) is 93.0 cm³/mol. The Kier molecular flexibility index (Phi) is 6.76. The molecule has 0 aromatic heterocycles. The molecule has 0 atom stereocenters. The molecule has 2 N–H and O–H groups in total. The van der Waals surface area contributed by atoms with Crippen LogP contribution in [0, 0.1) is 0 Å². The molecule has 0 bridgehead atoms. The number of benzene rings is 2. The van der Waals surface area contributed by atoms with E-state index in [2.05, 4.69) is 10.6 Å². The van der Waals surface area contributed by atoms with E-state index in [1.165, 1.54) is 5.56 Å². The first-order valence-corrected chi connectivity index (χ1v) is 7.95. The smallest absolute Gasteiger partial charge is 0.315 e. The van der Waals surface area contributed by atoms with E-state index in [9.17, 15) is 4.79 Å². The van der Waals surface area contributed by atoms with Crippen molar-refractivity contribution in [2.75, 3.05) is 13.7 Å². The fraction of sp³-hybridized carbons (Fsp3) is 0.278. The Hall–Kier alpha value is -2.20. The minimum Gasteiger partial charge on any atom is -0.497 e. The van der Waals surface area contributed by atoms with Crippen molar-refractivity contribution >= 4 is 17.6 Å². The number of methoxy groups -OCH3 is 1. The zero-order valence-electron chi connectivity index (χ0n) is 13.1. The number of urea groups is 1. The van der Waals surface area contributed by atoms with Gasteiger partial charge in [-0.2, -0.15) is 0 Å². The van der Waals surface area contributed by atoms with Gasteiger partial charge >= 0.3 is 6.03 Å². The predicted octanol–water partition coefficient (Wildman–Crippen LogP) is 3.78. The van der Waals surface area contributed by atoms with Crippen LogP contribution < -0.4 is 15.4 Å². The summed E-state index contributed by atoms with van der Waals surface area (Å²) >= 11 is 6.04. The van der Waals surface area contributed by atoms with Crippen molar-refractivity contribution in [1.29, 1.82) is 0 Å². The first-order chi connectivity index (χ1) is 11.2. The van der Waals surface area contributed by atoms with E-state index in [1.807, 2.05) is 48.5 Å². The van der Waals surface area contributed by atoms with Crippen molar-refractivity contribution < 1.29 is 9.53 Å². The lowest BCUT2D eigenvalue weighted by atomic mass is 10.1. The van der Waals surface area contributed by atoms with Crippen LogP contribution in [-0.2, 0) is 13.0 Å². The molecule has 0 aliphatic carbocycles. The van der Waals surface area contributed by atoms with Gasteiger partial charge in [-0.05, 0) is 42.2 Å². The molecule has 122 valence electrons. The maximum absolute atomic E-state index is 11.7. The Labute approximate surface area is 141 Å². The Morgan fingerprint density at radius 2 is 1.83 bits per heavy atom. The van der Waals surface area contributed by atoms with Gasteiger partial charge in [0.25, 0.3) is 0 Å². The molecule has 0 heterocycles. The standard InChI is InChI=1S/C18H21ClN2O2/c1-23-16-10-8-14(9-11-16)5-4-12-20-18(22)21-13-15-6-2-3-7-17(15)19/h2-3,6-11H,4-5,12-13H2,1H3,(H2,20,21,22). The average Bonchev–Trinajstić information content (AvgIpc) is 2.58. The molecule has 0 fully saturated rings. The molecular weight excluding hydrogens is 312 g/mol. The molecule has 5 heteroatoms. The van der Waals surface area contributed by atoms with Crippen LogP contribution in [0.2, 0.25) is 5.02 Å². The Balaban J connectivity index is 1.63. The molecule has 0 spiro atoms. The summed E-state index contributed by atoms with van der Waals surface area (Å²) in [5.74, 6) is 0.853. The van der Waals surface area contributed by atoms with Gasteiger partial charge in [0.15, 0.2) is 0 Å². The van der Waals surface area contributed by atoms with Crippen molar-refractivity contribution in [1.82, 2.24) is 10.6 Å². The maximum atomic E-state index is 11.7. The molecule has 0 saturated heterocycles. The van der Waals surface area contributed by atoms with Gasteiger partial charge in [0.05, 0.1) is 7.11 Å². The Morgan fingerprint density at radius 1 is 1.09 bits per heavy atom. The zero-order chi connectivity index (χ0) is 16.5. The SMILES string of the molecule is COc1ccc(CCCNC(=O)NCc2ccccc2Cl)cc1. The monoisotopic (exact) mass is 332 g/mol. The third-order valence-corrected chi connectivity index (χ3v) is 3.85. The number of carbonyl (C=O) groups excluding carboxylic acids is 1. The van der Waals surface area contributed by atoms with Gasteiger partial charge < -0.3 is 15.4 Å². The number of ether oxygens (including phenoxy) is 1. The maximum Gasteiger partial charge on any atom is 0.315 e. The average molecular weight is 333 g/mol. The third kappa shape index (κ3) is 5.83. The normalized spacial score (nSPS) is 10.2. The molecule has 0 radical (unpaired) electrons. The number of rotatable bonds is 7. The summed E-state index contributed by atoms with van der Waals surface area (Å²) < 4.78 is 5.12. The molecule has 0 aliphatic heterocycles. The number of nitrogens with one attached hydrogen (secondary N) is 2. The summed E-state index contributed by atoms with van der Waals surface area (Å²) in [7, 11) is 1.65. The van der Waals surface area contributed by atoms with E-state index < -0.39 is 0 Å². The van der Waals surface area contributed by atoms with Gasteiger partial charge in [-0.1, -0.05) is 41.9 Å². The molecular formula is C18H21ClN2O2. The van der Waals surface area contributed by atoms with Gasteiger partial charge in [0, 0.05) is 18.1 Å². The van der Waals surface area contributed by atoms with Crippen LogP contribution in [0.15, 0.2) is 48.5 Å². The first-order valence-electron chi connectivity index (χ1n) is 7.57. The lowest BCUT2D eigenvalue weighted by Gasteiger charge is -2.09. The Morgan fingerprint density at radius 3 is 2.52 bits per heavy atom. The van der Waals surface area contributed by atoms with Crippen molar-refractivity contribution in [3.8, 4) is 5.75 Å². The lowest BCUT2D eigenvalue weighted by molar-refractivity contribution is 0.240. The van der Waals surface area contributed by atoms with Gasteiger partial charge in [-0.3, -0.25) is 0 Å². The molecule has 0 aliphatic rings. The van der Waals surface area contributed by atoms with Gasteiger partial charge in [0.1, 0.15) is 5.75 Å². The highest BCUT2D eigenvalue weighted by Gasteiger charge is 2.03. The third-order valence-electron chi connectivity index (χ3n) is 3.48. The summed E-state index contributed by atoms with van der Waals surface area (Å²) in [6, 6.07) is 15.3. The fourth-order valence-electron chi connectivity index (χ4n) is 2.17. The van der Waals surface area contributed by atoms with Crippen LogP contribution >= 0.6 is 11.6 Å². The van der Waals surface area contributed by atoms with Crippen LogP contribution in [0.5, 0.6) is 5.75 Å². The van der Waals surface area contributed by atoms with E-state index in [1.54, 1.807) is 7.11 Å². The first kappa shape index (κ1) is 17.2. The molecule has 4 nitrogen and oxygen atoms in total. The summed E-state index contributed by atoms with van der Waals surface area (Å²) in [6.07, 6.45) is 1.79. The fourth-order valence-corrected chi connectivity index (χ4v) is 2.37. The van der Waals surface area contributed by atoms with Crippen molar-refractivity contribution in [2.45, 2.75) is 19.4 Å². The number of hydrogen-bond donors (Lipinski definition) is 2. The second kappa shape index (κ2) is 9.06. The number of amides is 2. The highest BCUT2D eigenvalue weighted by Crippen LogP contribution is 2.14. The zero-order valence-corrected chi connectivity index (χ0v) is 13.9. The molecule has 2 aromatic rings. The summed E-state index contributed by atoms with van der Waals surface area (Å²) in [6.45, 7) is 1.05. The summed E-state index contributed by atoms with van der Waals surface area (Å²) in [5.41, 5.74) is 2.13. The van der Waals surface area contributed by atoms with E-state index >= 15 is 0 Å². The quantitative estimate of drug-likeness (QED) is 0.758. The van der Waals surface area contributed by atoms with E-state index in [0.717, 1.165) is 24.2 Å². The second-order valence-electron chi connectivity index (χ2n) is 5.15. The summed E-state index contributed by atoms with van der Waals surface area (Å²) in [5, 5.41) is 6.31. The van der Waals surface area contributed by atoms with Crippen LogP contribution in [0.3, 0.4) is 0 Å². The van der Waals surface area contributed by atoms with Gasteiger partial charge in [-0.25, -0.2) is 4.79 Å². The number of halogens is 1. The number of aryl methyl sites for hydroxylation is 1. The van der Waals surface area contributed by atoms with E-state index in [-0.39, 0.29) is 6.03 Å². The minimum atomic E-state index is -0.181. The highest BCUT2D eigenvalue weighted by atomic mass is 35.5. The topological polar surface area (TPSA) is 50.4 Å². The van der Waals surface area contributed by atoms with Gasteiger partial charge in [0.2, 0.25) is 0 Å². The van der Waals surface area contributed by atoms with Crippen molar-refractivity contribution in [3.05, 3.63) is 64.7 Å². The number of carbonyl (C=O) groups is 1. The molecule has 0 saturated carbocycles. The lowest BCUT2D eigenvalue weighted by Crippen LogP contribution is -2.35. The highest BCUT2D eigenvalue weighted by molar-refractivity contribution is 6.31. The molecule has 2 amide bonds. The van der Waals surface area contributed by atoms with Crippen LogP contribution in [0.4, 0.5) is 4.79 Å². The van der Waals surface area contributed by atoms with Crippen molar-refractivity contribution in [2.24, 2.45) is 0 Å². The summed E-state index contributed by atoms with van der Waals surface area (Å²) in [4.78, 5) is 11.7. The van der Waals surface area contributed by atoms with Crippen LogP contribution in [0.25, 0.3) is 0 Å². The molecule has 23 heavy (non-hydrogen) atoms. The van der Waals surface area contributed by atoms with E-state index in [4.69, 9.17) is 16.3 Å². The molecule has 2 aromatic carbocycles. The Bertz CT molecular complexity index is 629. The number of hydrogen-bond acceptors (Lipinski definition) is 2. The molecule has 0 unspecified atom stereocenters. The minimum absolute atomic E-state index is 0.181. The van der Waals surface area contributed by atoms with Crippen LogP contribution in [-0.4, -0.2) is 19.7 Å². The molecule has 2 rings (SSSR count). The van der Waals surface area contributed by atoms with Crippen LogP contribution in [0.1, 0.15) is 17.5 Å².